The Morgan fingerprint density at radius 3 is 2.37 bits per heavy atom. The number of pyridine rings is 1. The molecular formula is C23H17F4N3O4S. The molecule has 35 heavy (non-hydrogen) atoms. The van der Waals surface area contributed by atoms with Gasteiger partial charge in [0.25, 0.3) is 5.56 Å². The summed E-state index contributed by atoms with van der Waals surface area (Å²) in [6.45, 7) is -0.117. The van der Waals surface area contributed by atoms with Crippen LogP contribution in [-0.2, 0) is 9.84 Å². The molecule has 2 aromatic heterocycles. The summed E-state index contributed by atoms with van der Waals surface area (Å²) >= 11 is 0. The molecule has 12 heteroatoms. The molecule has 0 bridgehead atoms. The van der Waals surface area contributed by atoms with Gasteiger partial charge < -0.3 is 4.74 Å². The summed E-state index contributed by atoms with van der Waals surface area (Å²) in [6, 6.07) is 10.4. The Morgan fingerprint density at radius 2 is 1.71 bits per heavy atom. The fourth-order valence-electron chi connectivity index (χ4n) is 3.31. The van der Waals surface area contributed by atoms with Gasteiger partial charge in [0.1, 0.15) is 16.5 Å². The second-order valence-corrected chi connectivity index (χ2v) is 9.72. The smallest absolute Gasteiger partial charge is 0.422 e. The van der Waals surface area contributed by atoms with Crippen molar-refractivity contribution in [2.24, 2.45) is 0 Å². The maximum absolute atomic E-state index is 13.3. The van der Waals surface area contributed by atoms with Crippen molar-refractivity contribution in [1.29, 1.82) is 0 Å². The number of fused-ring (bicyclic) bond motifs is 1. The number of aromatic nitrogens is 3. The van der Waals surface area contributed by atoms with Crippen molar-refractivity contribution in [1.82, 2.24) is 14.8 Å². The molecule has 4 aromatic rings. The molecule has 0 atom stereocenters. The van der Waals surface area contributed by atoms with Crippen molar-refractivity contribution in [2.45, 2.75) is 18.0 Å². The van der Waals surface area contributed by atoms with Crippen LogP contribution in [0.3, 0.4) is 0 Å². The largest absolute Gasteiger partial charge is 0.484 e. The van der Waals surface area contributed by atoms with E-state index in [0.717, 1.165) is 10.7 Å². The van der Waals surface area contributed by atoms with Gasteiger partial charge in [-0.15, -0.1) is 0 Å². The molecule has 0 N–H and O–H groups in total. The third-order valence-corrected chi connectivity index (χ3v) is 6.82. The van der Waals surface area contributed by atoms with Crippen molar-refractivity contribution in [3.8, 4) is 22.7 Å². The third kappa shape index (κ3) is 5.16. The third-order valence-electron chi connectivity index (χ3n) is 5.09. The van der Waals surface area contributed by atoms with E-state index in [0.29, 0.717) is 16.5 Å². The SMILES string of the molecule is CCS(=O)(=O)c1cc(-c2ccc(F)cc2)cnc1-n1ncc2ccc(OCC(F)(F)F)cc2c1=O. The molecule has 0 saturated carbocycles. The zero-order chi connectivity index (χ0) is 25.4. The average molecular weight is 507 g/mol. The van der Waals surface area contributed by atoms with E-state index in [4.69, 9.17) is 4.74 Å². The molecular weight excluding hydrogens is 490 g/mol. The van der Waals surface area contributed by atoms with Crippen LogP contribution in [0.15, 0.2) is 70.6 Å². The molecule has 0 aliphatic rings. The Hall–Kier alpha value is -3.80. The normalized spacial score (nSPS) is 12.1. The van der Waals surface area contributed by atoms with Crippen molar-refractivity contribution in [3.63, 3.8) is 0 Å². The van der Waals surface area contributed by atoms with Crippen LogP contribution in [0, 0.1) is 5.82 Å². The molecule has 2 heterocycles. The summed E-state index contributed by atoms with van der Waals surface area (Å²) < 4.78 is 82.0. The van der Waals surface area contributed by atoms with Crippen LogP contribution in [-0.4, -0.2) is 41.7 Å². The lowest BCUT2D eigenvalue weighted by Gasteiger charge is -2.13. The van der Waals surface area contributed by atoms with E-state index in [2.05, 4.69) is 10.1 Å². The van der Waals surface area contributed by atoms with Crippen LogP contribution < -0.4 is 10.3 Å². The number of nitrogens with zero attached hydrogens (tertiary/aromatic N) is 3. The number of hydrogen-bond acceptors (Lipinski definition) is 6. The lowest BCUT2D eigenvalue weighted by Crippen LogP contribution is -2.24. The predicted molar refractivity (Wildman–Crippen MR) is 120 cm³/mol. The summed E-state index contributed by atoms with van der Waals surface area (Å²) in [7, 11) is -3.90. The zero-order valence-electron chi connectivity index (χ0n) is 18.1. The van der Waals surface area contributed by atoms with Gasteiger partial charge >= 0.3 is 6.18 Å². The quantitative estimate of drug-likeness (QED) is 0.361. The van der Waals surface area contributed by atoms with E-state index in [1.54, 1.807) is 0 Å². The molecule has 182 valence electrons. The highest BCUT2D eigenvalue weighted by atomic mass is 32.2. The van der Waals surface area contributed by atoms with Crippen LogP contribution >= 0.6 is 0 Å². The molecule has 7 nitrogen and oxygen atoms in total. The van der Waals surface area contributed by atoms with E-state index in [1.165, 1.54) is 61.8 Å². The number of alkyl halides is 3. The van der Waals surface area contributed by atoms with Crippen LogP contribution in [0.5, 0.6) is 5.75 Å². The van der Waals surface area contributed by atoms with Crippen molar-refractivity contribution in [3.05, 3.63) is 77.1 Å². The van der Waals surface area contributed by atoms with E-state index >= 15 is 0 Å². The Balaban J connectivity index is 1.87. The standard InChI is InChI=1S/C23H17F4N3O4S/c1-2-35(32,33)20-9-16(14-3-6-17(24)7-4-14)11-28-21(20)30-22(31)19-10-18(34-13-23(25,26)27)8-5-15(19)12-29-30/h3-12H,2,13H2,1H3. The molecule has 0 spiro atoms. The Kier molecular flexibility index (Phi) is 6.32. The lowest BCUT2D eigenvalue weighted by atomic mass is 10.1. The van der Waals surface area contributed by atoms with Gasteiger partial charge in [-0.2, -0.15) is 23.0 Å². The number of halogens is 4. The molecule has 4 rings (SSSR count). The zero-order valence-corrected chi connectivity index (χ0v) is 18.9. The number of sulfone groups is 1. The van der Waals surface area contributed by atoms with Gasteiger partial charge in [0.05, 0.1) is 17.3 Å². The minimum atomic E-state index is -4.56. The summed E-state index contributed by atoms with van der Waals surface area (Å²) in [5.74, 6) is -1.23. The predicted octanol–water partition coefficient (Wildman–Crippen LogP) is 4.32. The molecule has 0 saturated heterocycles. The van der Waals surface area contributed by atoms with Gasteiger partial charge in [-0.3, -0.25) is 4.79 Å². The first-order chi connectivity index (χ1) is 16.5. The van der Waals surface area contributed by atoms with Gasteiger partial charge in [-0.05, 0) is 42.0 Å². The number of rotatable bonds is 6. The van der Waals surface area contributed by atoms with Gasteiger partial charge in [0.2, 0.25) is 0 Å². The fraction of sp³-hybridized carbons (Fsp3) is 0.174. The Bertz CT molecular complexity index is 1570. The highest BCUT2D eigenvalue weighted by Crippen LogP contribution is 2.27. The van der Waals surface area contributed by atoms with Crippen LogP contribution in [0.2, 0.25) is 0 Å². The maximum Gasteiger partial charge on any atom is 0.422 e. The van der Waals surface area contributed by atoms with E-state index in [1.807, 2.05) is 0 Å². The van der Waals surface area contributed by atoms with Crippen molar-refractivity contribution in [2.75, 3.05) is 12.4 Å². The summed E-state index contributed by atoms with van der Waals surface area (Å²) in [5, 5.41) is 4.30. The monoisotopic (exact) mass is 507 g/mol. The second-order valence-electron chi connectivity index (χ2n) is 7.47. The van der Waals surface area contributed by atoms with E-state index in [9.17, 15) is 30.8 Å². The first-order valence-electron chi connectivity index (χ1n) is 10.2. The molecule has 0 amide bonds. The minimum Gasteiger partial charge on any atom is -0.484 e. The molecule has 0 radical (unpaired) electrons. The molecule has 0 aliphatic heterocycles. The van der Waals surface area contributed by atoms with E-state index in [-0.39, 0.29) is 27.6 Å². The first kappa shape index (κ1) is 24.3. The number of benzene rings is 2. The maximum atomic E-state index is 13.3. The molecule has 2 aromatic carbocycles. The van der Waals surface area contributed by atoms with Crippen molar-refractivity contribution < 1.29 is 30.7 Å². The van der Waals surface area contributed by atoms with Crippen LogP contribution in [0.25, 0.3) is 27.7 Å². The summed E-state index contributed by atoms with van der Waals surface area (Å²) in [5.41, 5.74) is 0.0790. The lowest BCUT2D eigenvalue weighted by molar-refractivity contribution is -0.153. The highest BCUT2D eigenvalue weighted by molar-refractivity contribution is 7.91. The van der Waals surface area contributed by atoms with Gasteiger partial charge in [0, 0.05) is 17.1 Å². The van der Waals surface area contributed by atoms with Crippen LogP contribution in [0.4, 0.5) is 17.6 Å². The average Bonchev–Trinajstić information content (AvgIpc) is 2.83. The van der Waals surface area contributed by atoms with Gasteiger partial charge in [-0.1, -0.05) is 19.1 Å². The first-order valence-corrected chi connectivity index (χ1v) is 11.8. The minimum absolute atomic E-state index is 0.0380. The number of hydrogen-bond donors (Lipinski definition) is 0. The molecule has 0 aliphatic carbocycles. The molecule has 0 unspecified atom stereocenters. The van der Waals surface area contributed by atoms with Gasteiger partial charge in [0.15, 0.2) is 22.3 Å². The van der Waals surface area contributed by atoms with Crippen LogP contribution in [0.1, 0.15) is 6.92 Å². The fourth-order valence-corrected chi connectivity index (χ4v) is 4.34. The summed E-state index contributed by atoms with van der Waals surface area (Å²) in [6.07, 6.45) is -1.98. The van der Waals surface area contributed by atoms with Crippen molar-refractivity contribution >= 4 is 20.6 Å². The second kappa shape index (κ2) is 9.10. The molecule has 0 fully saturated rings. The highest BCUT2D eigenvalue weighted by Gasteiger charge is 2.28. The van der Waals surface area contributed by atoms with Gasteiger partial charge in [-0.25, -0.2) is 17.8 Å². The Morgan fingerprint density at radius 1 is 1.00 bits per heavy atom. The van der Waals surface area contributed by atoms with E-state index < -0.39 is 34.0 Å². The topological polar surface area (TPSA) is 91.2 Å². The number of ether oxygens (including phenoxy) is 1. The summed E-state index contributed by atoms with van der Waals surface area (Å²) in [4.78, 5) is 17.1. The Labute approximate surface area is 196 Å².